The Kier molecular flexibility index (Phi) is 7.07. The number of aromatic nitrogens is 1. The van der Waals surface area contributed by atoms with Crippen LogP contribution in [0.3, 0.4) is 0 Å². The zero-order valence-corrected chi connectivity index (χ0v) is 18.3. The molecular weight excluding hydrogens is 422 g/mol. The van der Waals surface area contributed by atoms with Crippen LogP contribution in [-0.4, -0.2) is 25.9 Å². The first kappa shape index (κ1) is 21.8. The zero-order chi connectivity index (χ0) is 21.6. The van der Waals surface area contributed by atoms with Crippen LogP contribution in [0.25, 0.3) is 0 Å². The monoisotopic (exact) mass is 445 g/mol. The molecule has 158 valence electrons. The second-order valence-electron chi connectivity index (χ2n) is 6.98. The molecule has 0 spiro atoms. The maximum Gasteiger partial charge on any atom is 0.263 e. The lowest BCUT2D eigenvalue weighted by molar-refractivity contribution is 0.102. The van der Waals surface area contributed by atoms with Crippen molar-refractivity contribution in [2.24, 2.45) is 5.92 Å². The van der Waals surface area contributed by atoms with Gasteiger partial charge in [0.25, 0.3) is 15.9 Å². The molecule has 0 fully saturated rings. The third kappa shape index (κ3) is 6.04. The average Bonchev–Trinajstić information content (AvgIpc) is 3.21. The SMILES string of the molecule is CC(C)CCOc1ccc(C(=O)Nc2ccc(S(=O)(=O)Nc3nccs3)cc2)cc1. The number of ether oxygens (including phenoxy) is 1. The van der Waals surface area contributed by atoms with Crippen molar-refractivity contribution in [3.05, 3.63) is 65.7 Å². The van der Waals surface area contributed by atoms with Crippen molar-refractivity contribution in [3.63, 3.8) is 0 Å². The van der Waals surface area contributed by atoms with Crippen molar-refractivity contribution in [2.45, 2.75) is 25.2 Å². The second-order valence-corrected chi connectivity index (χ2v) is 9.55. The van der Waals surface area contributed by atoms with Gasteiger partial charge in [-0.05, 0) is 60.9 Å². The first-order chi connectivity index (χ1) is 14.3. The van der Waals surface area contributed by atoms with E-state index in [2.05, 4.69) is 28.9 Å². The Morgan fingerprint density at radius 2 is 1.80 bits per heavy atom. The zero-order valence-electron chi connectivity index (χ0n) is 16.7. The van der Waals surface area contributed by atoms with Crippen molar-refractivity contribution in [2.75, 3.05) is 16.6 Å². The van der Waals surface area contributed by atoms with Crippen molar-refractivity contribution >= 4 is 38.1 Å². The van der Waals surface area contributed by atoms with Gasteiger partial charge in [-0.1, -0.05) is 13.8 Å². The van der Waals surface area contributed by atoms with Crippen LogP contribution in [0.15, 0.2) is 65.0 Å². The molecule has 0 aliphatic carbocycles. The number of carbonyl (C=O) groups excluding carboxylic acids is 1. The summed E-state index contributed by atoms with van der Waals surface area (Å²) in [6.45, 7) is 4.91. The molecule has 0 unspecified atom stereocenters. The van der Waals surface area contributed by atoms with Gasteiger partial charge >= 0.3 is 0 Å². The first-order valence-electron chi connectivity index (χ1n) is 9.40. The van der Waals surface area contributed by atoms with Gasteiger partial charge in [0.2, 0.25) is 0 Å². The lowest BCUT2D eigenvalue weighted by Gasteiger charge is -2.10. The van der Waals surface area contributed by atoms with Crippen LogP contribution >= 0.6 is 11.3 Å². The lowest BCUT2D eigenvalue weighted by Crippen LogP contribution is -2.14. The minimum atomic E-state index is -3.73. The van der Waals surface area contributed by atoms with E-state index in [1.54, 1.807) is 29.6 Å². The fourth-order valence-corrected chi connectivity index (χ4v) is 4.27. The summed E-state index contributed by atoms with van der Waals surface area (Å²) in [5.41, 5.74) is 0.971. The van der Waals surface area contributed by atoms with Crippen LogP contribution in [0.1, 0.15) is 30.6 Å². The van der Waals surface area contributed by atoms with Gasteiger partial charge in [-0.15, -0.1) is 11.3 Å². The topological polar surface area (TPSA) is 97.4 Å². The quantitative estimate of drug-likeness (QED) is 0.501. The minimum Gasteiger partial charge on any atom is -0.494 e. The Morgan fingerprint density at radius 3 is 2.40 bits per heavy atom. The van der Waals surface area contributed by atoms with E-state index in [-0.39, 0.29) is 10.8 Å². The number of amides is 1. The normalized spacial score (nSPS) is 11.3. The number of nitrogens with zero attached hydrogens (tertiary/aromatic N) is 1. The highest BCUT2D eigenvalue weighted by Crippen LogP contribution is 2.20. The molecule has 9 heteroatoms. The van der Waals surface area contributed by atoms with Crippen LogP contribution in [0, 0.1) is 5.92 Å². The highest BCUT2D eigenvalue weighted by molar-refractivity contribution is 7.93. The van der Waals surface area contributed by atoms with Crippen molar-refractivity contribution < 1.29 is 17.9 Å². The van der Waals surface area contributed by atoms with Gasteiger partial charge in [0.15, 0.2) is 5.13 Å². The van der Waals surface area contributed by atoms with E-state index in [9.17, 15) is 13.2 Å². The van der Waals surface area contributed by atoms with Gasteiger partial charge in [0.1, 0.15) is 5.75 Å². The summed E-state index contributed by atoms with van der Waals surface area (Å²) >= 11 is 1.19. The molecule has 3 aromatic rings. The second kappa shape index (κ2) is 9.73. The van der Waals surface area contributed by atoms with Gasteiger partial charge in [-0.25, -0.2) is 13.4 Å². The standard InChI is InChI=1S/C21H23N3O4S2/c1-15(2)11-13-28-18-7-3-16(4-8-18)20(25)23-17-5-9-19(10-6-17)30(26,27)24-21-22-12-14-29-21/h3-10,12,14-15H,11,13H2,1-2H3,(H,22,24)(H,23,25). The Morgan fingerprint density at radius 1 is 1.10 bits per heavy atom. The van der Waals surface area contributed by atoms with E-state index in [1.807, 2.05) is 0 Å². The van der Waals surface area contributed by atoms with Gasteiger partial charge in [-0.2, -0.15) is 0 Å². The maximum absolute atomic E-state index is 12.4. The number of sulfonamides is 1. The summed E-state index contributed by atoms with van der Waals surface area (Å²) in [6, 6.07) is 12.8. The molecule has 1 amide bonds. The highest BCUT2D eigenvalue weighted by atomic mass is 32.2. The van der Waals surface area contributed by atoms with Gasteiger partial charge < -0.3 is 10.1 Å². The molecular formula is C21H23N3O4S2. The number of anilines is 2. The number of benzene rings is 2. The third-order valence-electron chi connectivity index (χ3n) is 4.16. The van der Waals surface area contributed by atoms with E-state index < -0.39 is 10.0 Å². The number of hydrogen-bond acceptors (Lipinski definition) is 6. The van der Waals surface area contributed by atoms with Crippen LogP contribution in [-0.2, 0) is 10.0 Å². The van der Waals surface area contributed by atoms with E-state index in [4.69, 9.17) is 4.74 Å². The number of thiazole rings is 1. The Balaban J connectivity index is 1.59. The predicted molar refractivity (Wildman–Crippen MR) is 119 cm³/mol. The molecule has 0 bridgehead atoms. The van der Waals surface area contributed by atoms with E-state index >= 15 is 0 Å². The summed E-state index contributed by atoms with van der Waals surface area (Å²) in [6.07, 6.45) is 2.48. The Bertz CT molecular complexity index is 1060. The van der Waals surface area contributed by atoms with E-state index in [0.717, 1.165) is 12.2 Å². The molecule has 1 heterocycles. The number of rotatable bonds is 9. The summed E-state index contributed by atoms with van der Waals surface area (Å²) in [4.78, 5) is 16.4. The predicted octanol–water partition coefficient (Wildman–Crippen LogP) is 4.62. The molecule has 0 saturated heterocycles. The molecule has 7 nitrogen and oxygen atoms in total. The first-order valence-corrected chi connectivity index (χ1v) is 11.8. The van der Waals surface area contributed by atoms with Gasteiger partial charge in [0.05, 0.1) is 11.5 Å². The fraction of sp³-hybridized carbons (Fsp3) is 0.238. The number of hydrogen-bond donors (Lipinski definition) is 2. The minimum absolute atomic E-state index is 0.0820. The fourth-order valence-electron chi connectivity index (χ4n) is 2.48. The molecule has 0 aliphatic rings. The summed E-state index contributed by atoms with van der Waals surface area (Å²) in [5.74, 6) is 0.995. The molecule has 0 saturated carbocycles. The van der Waals surface area contributed by atoms with Gasteiger partial charge in [-0.3, -0.25) is 9.52 Å². The van der Waals surface area contributed by atoms with Crippen LogP contribution < -0.4 is 14.8 Å². The van der Waals surface area contributed by atoms with Crippen LogP contribution in [0.2, 0.25) is 0 Å². The van der Waals surface area contributed by atoms with Crippen molar-refractivity contribution in [1.29, 1.82) is 0 Å². The van der Waals surface area contributed by atoms with Gasteiger partial charge in [0, 0.05) is 22.8 Å². The number of nitrogens with one attached hydrogen (secondary N) is 2. The van der Waals surface area contributed by atoms with E-state index in [1.165, 1.54) is 41.8 Å². The smallest absolute Gasteiger partial charge is 0.263 e. The molecule has 30 heavy (non-hydrogen) atoms. The van der Waals surface area contributed by atoms with Crippen molar-refractivity contribution in [1.82, 2.24) is 4.98 Å². The largest absolute Gasteiger partial charge is 0.494 e. The Hall–Kier alpha value is -2.91. The van der Waals surface area contributed by atoms with Crippen molar-refractivity contribution in [3.8, 4) is 5.75 Å². The van der Waals surface area contributed by atoms with Crippen LogP contribution in [0.5, 0.6) is 5.75 Å². The highest BCUT2D eigenvalue weighted by Gasteiger charge is 2.15. The molecule has 2 N–H and O–H groups in total. The maximum atomic E-state index is 12.4. The Labute approximate surface area is 180 Å². The molecule has 0 atom stereocenters. The molecule has 2 aromatic carbocycles. The average molecular weight is 446 g/mol. The summed E-state index contributed by atoms with van der Waals surface area (Å²) in [7, 11) is -3.73. The third-order valence-corrected chi connectivity index (χ3v) is 6.33. The molecule has 1 aromatic heterocycles. The van der Waals surface area contributed by atoms with Crippen LogP contribution in [0.4, 0.5) is 10.8 Å². The lowest BCUT2D eigenvalue weighted by atomic mass is 10.1. The molecule has 0 aliphatic heterocycles. The number of carbonyl (C=O) groups is 1. The molecule has 3 rings (SSSR count). The van der Waals surface area contributed by atoms with E-state index in [0.29, 0.717) is 28.9 Å². The summed E-state index contributed by atoms with van der Waals surface area (Å²) in [5, 5.41) is 4.73. The molecule has 0 radical (unpaired) electrons. The summed E-state index contributed by atoms with van der Waals surface area (Å²) < 4.78 is 32.8.